The van der Waals surface area contributed by atoms with Gasteiger partial charge in [-0.1, -0.05) is 68.2 Å². The van der Waals surface area contributed by atoms with Gasteiger partial charge in [0.25, 0.3) is 0 Å². The first kappa shape index (κ1) is 20.0. The van der Waals surface area contributed by atoms with Gasteiger partial charge < -0.3 is 0 Å². The van der Waals surface area contributed by atoms with Crippen molar-refractivity contribution in [2.45, 2.75) is 81.1 Å². The van der Waals surface area contributed by atoms with Crippen LogP contribution in [0.4, 0.5) is 0 Å². The Labute approximate surface area is 116 Å². The zero-order valence-electron chi connectivity index (χ0n) is 14.0. The summed E-state index contributed by atoms with van der Waals surface area (Å²) in [6.45, 7) is 17.3. The lowest BCUT2D eigenvalue weighted by molar-refractivity contribution is -0.122. The zero-order chi connectivity index (χ0) is 14.7. The van der Waals surface area contributed by atoms with Crippen molar-refractivity contribution in [1.29, 1.82) is 0 Å². The maximum absolute atomic E-state index is 11.0. The molecule has 0 rings (SSSR count). The second kappa shape index (κ2) is 11.7. The SMILES string of the molecule is CC(C)CCC(=O)C(C)C.CC(C)CCC(C)C. The van der Waals surface area contributed by atoms with Gasteiger partial charge in [0.15, 0.2) is 0 Å². The van der Waals surface area contributed by atoms with Gasteiger partial charge in [-0.3, -0.25) is 4.79 Å². The summed E-state index contributed by atoms with van der Waals surface area (Å²) in [5.74, 6) is 3.05. The molecule has 1 heteroatoms. The third-order valence-electron chi connectivity index (χ3n) is 2.93. The molecule has 0 amide bonds. The maximum atomic E-state index is 11.0. The zero-order valence-corrected chi connectivity index (χ0v) is 14.0. The molecule has 0 radical (unpaired) electrons. The molecule has 0 bridgehead atoms. The van der Waals surface area contributed by atoms with E-state index in [2.05, 4.69) is 41.5 Å². The summed E-state index contributed by atoms with van der Waals surface area (Å²) in [5, 5.41) is 0. The van der Waals surface area contributed by atoms with Gasteiger partial charge in [0.05, 0.1) is 0 Å². The van der Waals surface area contributed by atoms with Crippen LogP contribution in [0.5, 0.6) is 0 Å². The Morgan fingerprint density at radius 1 is 0.667 bits per heavy atom. The van der Waals surface area contributed by atoms with Crippen LogP contribution < -0.4 is 0 Å². The average molecular weight is 256 g/mol. The van der Waals surface area contributed by atoms with E-state index in [4.69, 9.17) is 0 Å². The molecular formula is C17H36O. The Balaban J connectivity index is 0. The minimum Gasteiger partial charge on any atom is -0.299 e. The molecule has 0 heterocycles. The molecule has 110 valence electrons. The summed E-state index contributed by atoms with van der Waals surface area (Å²) in [5.41, 5.74) is 0. The largest absolute Gasteiger partial charge is 0.299 e. The number of rotatable bonds is 7. The predicted octanol–water partition coefficient (Wildman–Crippen LogP) is 5.73. The van der Waals surface area contributed by atoms with Gasteiger partial charge in [-0.05, 0) is 24.2 Å². The lowest BCUT2D eigenvalue weighted by Gasteiger charge is -2.05. The molecule has 1 nitrogen and oxygen atoms in total. The molecular weight excluding hydrogens is 220 g/mol. The number of carbonyl (C=O) groups excluding carboxylic acids is 1. The number of hydrogen-bond acceptors (Lipinski definition) is 1. The summed E-state index contributed by atoms with van der Waals surface area (Å²) in [7, 11) is 0. The molecule has 0 saturated carbocycles. The number of Topliss-reactive ketones (excluding diaryl/α,β-unsaturated/α-hetero) is 1. The first-order chi connectivity index (χ1) is 8.16. The highest BCUT2D eigenvalue weighted by atomic mass is 16.1. The Bertz CT molecular complexity index is 182. The second-order valence-electron chi connectivity index (χ2n) is 6.92. The highest BCUT2D eigenvalue weighted by Gasteiger charge is 2.06. The van der Waals surface area contributed by atoms with Crippen LogP contribution in [-0.2, 0) is 4.79 Å². The molecule has 0 spiro atoms. The Kier molecular flexibility index (Phi) is 13.0. The molecule has 18 heavy (non-hydrogen) atoms. The topological polar surface area (TPSA) is 17.1 Å². The average Bonchev–Trinajstić information content (AvgIpc) is 2.23. The molecule has 0 aliphatic carbocycles. The van der Waals surface area contributed by atoms with E-state index in [0.717, 1.165) is 24.7 Å². The van der Waals surface area contributed by atoms with Gasteiger partial charge in [0.1, 0.15) is 5.78 Å². The fourth-order valence-corrected chi connectivity index (χ4v) is 1.39. The smallest absolute Gasteiger partial charge is 0.135 e. The first-order valence-corrected chi connectivity index (χ1v) is 7.69. The molecule has 0 aliphatic rings. The van der Waals surface area contributed by atoms with Gasteiger partial charge >= 0.3 is 0 Å². The quantitative estimate of drug-likeness (QED) is 0.569. The highest BCUT2D eigenvalue weighted by Crippen LogP contribution is 2.10. The van der Waals surface area contributed by atoms with Crippen molar-refractivity contribution in [1.82, 2.24) is 0 Å². The van der Waals surface area contributed by atoms with Crippen LogP contribution in [0.3, 0.4) is 0 Å². The molecule has 0 unspecified atom stereocenters. The van der Waals surface area contributed by atoms with Gasteiger partial charge in [-0.25, -0.2) is 0 Å². The molecule has 0 atom stereocenters. The molecule has 0 aromatic heterocycles. The first-order valence-electron chi connectivity index (χ1n) is 7.69. The normalized spacial score (nSPS) is 11.1. The molecule has 0 aliphatic heterocycles. The van der Waals surface area contributed by atoms with E-state index < -0.39 is 0 Å². The van der Waals surface area contributed by atoms with E-state index in [1.54, 1.807) is 0 Å². The van der Waals surface area contributed by atoms with Gasteiger partial charge in [-0.2, -0.15) is 0 Å². The summed E-state index contributed by atoms with van der Waals surface area (Å²) in [6, 6.07) is 0. The Morgan fingerprint density at radius 2 is 1.00 bits per heavy atom. The molecule has 0 N–H and O–H groups in total. The minimum atomic E-state index is 0.221. The van der Waals surface area contributed by atoms with Gasteiger partial charge in [0, 0.05) is 12.3 Å². The van der Waals surface area contributed by atoms with E-state index >= 15 is 0 Å². The number of hydrogen-bond donors (Lipinski definition) is 0. The van der Waals surface area contributed by atoms with E-state index in [9.17, 15) is 4.79 Å². The molecule has 0 saturated heterocycles. The van der Waals surface area contributed by atoms with Crippen LogP contribution in [-0.4, -0.2) is 5.78 Å². The van der Waals surface area contributed by atoms with E-state index in [1.165, 1.54) is 12.8 Å². The van der Waals surface area contributed by atoms with Crippen LogP contribution in [0.25, 0.3) is 0 Å². The van der Waals surface area contributed by atoms with Crippen molar-refractivity contribution in [2.75, 3.05) is 0 Å². The van der Waals surface area contributed by atoms with Crippen molar-refractivity contribution in [3.05, 3.63) is 0 Å². The molecule has 0 fully saturated rings. The van der Waals surface area contributed by atoms with Crippen molar-refractivity contribution >= 4 is 5.78 Å². The van der Waals surface area contributed by atoms with Crippen LogP contribution in [0.2, 0.25) is 0 Å². The van der Waals surface area contributed by atoms with Gasteiger partial charge in [0.2, 0.25) is 0 Å². The standard InChI is InChI=1S/C9H18O.C8H18/c1-7(2)5-6-9(10)8(3)4;1-7(2)5-6-8(3)4/h7-8H,5-6H2,1-4H3;7-8H,5-6H2,1-4H3. The molecule has 0 aromatic carbocycles. The summed E-state index contributed by atoms with van der Waals surface area (Å²) >= 11 is 0. The Hall–Kier alpha value is -0.330. The Morgan fingerprint density at radius 3 is 1.22 bits per heavy atom. The number of carbonyl (C=O) groups is 1. The van der Waals surface area contributed by atoms with Crippen molar-refractivity contribution < 1.29 is 4.79 Å². The van der Waals surface area contributed by atoms with Crippen LogP contribution in [0.1, 0.15) is 81.1 Å². The fraction of sp³-hybridized carbons (Fsp3) is 0.941. The van der Waals surface area contributed by atoms with Crippen molar-refractivity contribution in [3.8, 4) is 0 Å². The summed E-state index contributed by atoms with van der Waals surface area (Å²) < 4.78 is 0. The summed E-state index contributed by atoms with van der Waals surface area (Å²) in [6.07, 6.45) is 4.57. The third kappa shape index (κ3) is 18.0. The monoisotopic (exact) mass is 256 g/mol. The second-order valence-corrected chi connectivity index (χ2v) is 6.92. The third-order valence-corrected chi connectivity index (χ3v) is 2.93. The lowest BCUT2D eigenvalue weighted by atomic mass is 10.00. The lowest BCUT2D eigenvalue weighted by Crippen LogP contribution is -2.07. The van der Waals surface area contributed by atoms with Crippen molar-refractivity contribution in [2.24, 2.45) is 23.7 Å². The van der Waals surface area contributed by atoms with E-state index in [0.29, 0.717) is 11.7 Å². The number of ketones is 1. The van der Waals surface area contributed by atoms with E-state index in [1.807, 2.05) is 13.8 Å². The van der Waals surface area contributed by atoms with Gasteiger partial charge in [-0.15, -0.1) is 0 Å². The highest BCUT2D eigenvalue weighted by molar-refractivity contribution is 5.80. The van der Waals surface area contributed by atoms with E-state index in [-0.39, 0.29) is 5.92 Å². The maximum Gasteiger partial charge on any atom is 0.135 e. The molecule has 0 aromatic rings. The fourth-order valence-electron chi connectivity index (χ4n) is 1.39. The summed E-state index contributed by atoms with van der Waals surface area (Å²) in [4.78, 5) is 11.0. The van der Waals surface area contributed by atoms with Crippen LogP contribution in [0.15, 0.2) is 0 Å². The minimum absolute atomic E-state index is 0.221. The van der Waals surface area contributed by atoms with Crippen LogP contribution >= 0.6 is 0 Å². The predicted molar refractivity (Wildman–Crippen MR) is 82.8 cm³/mol. The van der Waals surface area contributed by atoms with Crippen LogP contribution in [0, 0.1) is 23.7 Å². The van der Waals surface area contributed by atoms with Crippen molar-refractivity contribution in [3.63, 3.8) is 0 Å².